The van der Waals surface area contributed by atoms with Crippen molar-refractivity contribution in [2.24, 2.45) is 17.8 Å². The number of rotatable bonds is 6. The fourth-order valence-corrected chi connectivity index (χ4v) is 3.59. The lowest BCUT2D eigenvalue weighted by Crippen LogP contribution is -2.32. The van der Waals surface area contributed by atoms with Gasteiger partial charge in [0.15, 0.2) is 0 Å². The molecule has 0 aromatic heterocycles. The molecule has 1 N–H and O–H groups in total. The summed E-state index contributed by atoms with van der Waals surface area (Å²) >= 11 is 0. The van der Waals surface area contributed by atoms with Gasteiger partial charge >= 0.3 is 0 Å². The normalized spacial score (nSPS) is 36.9. The van der Waals surface area contributed by atoms with Crippen LogP contribution in [0.4, 0.5) is 0 Å². The largest absolute Gasteiger partial charge is 0.314 e. The Balaban J connectivity index is 1.79. The molecule has 0 heterocycles. The Kier molecular flexibility index (Phi) is 3.48. The second kappa shape index (κ2) is 4.65. The summed E-state index contributed by atoms with van der Waals surface area (Å²) in [6, 6.07) is 0.857. The third-order valence-corrected chi connectivity index (χ3v) is 4.27. The van der Waals surface area contributed by atoms with Crippen molar-refractivity contribution >= 4 is 0 Å². The molecular formula is C13H25N. The Morgan fingerprint density at radius 2 is 1.93 bits per heavy atom. The monoisotopic (exact) mass is 195 g/mol. The Morgan fingerprint density at radius 1 is 1.21 bits per heavy atom. The average Bonchev–Trinajstić information content (AvgIpc) is 2.68. The minimum atomic E-state index is 0.857. The summed E-state index contributed by atoms with van der Waals surface area (Å²) in [4.78, 5) is 0. The van der Waals surface area contributed by atoms with E-state index in [4.69, 9.17) is 0 Å². The molecule has 0 bridgehead atoms. The van der Waals surface area contributed by atoms with E-state index in [0.29, 0.717) is 0 Å². The first kappa shape index (κ1) is 10.5. The molecule has 0 aromatic carbocycles. The number of hydrogen-bond acceptors (Lipinski definition) is 1. The molecule has 0 aliphatic heterocycles. The second-order valence-electron chi connectivity index (χ2n) is 5.14. The van der Waals surface area contributed by atoms with Crippen LogP contribution in [0.5, 0.6) is 0 Å². The fourth-order valence-electron chi connectivity index (χ4n) is 3.59. The van der Waals surface area contributed by atoms with Crippen LogP contribution in [0.15, 0.2) is 0 Å². The van der Waals surface area contributed by atoms with E-state index in [-0.39, 0.29) is 0 Å². The van der Waals surface area contributed by atoms with Crippen LogP contribution in [-0.4, -0.2) is 12.6 Å². The van der Waals surface area contributed by atoms with E-state index in [1.54, 1.807) is 0 Å². The van der Waals surface area contributed by atoms with Crippen LogP contribution >= 0.6 is 0 Å². The van der Waals surface area contributed by atoms with Crippen LogP contribution in [0.2, 0.25) is 0 Å². The Labute approximate surface area is 88.7 Å². The zero-order valence-corrected chi connectivity index (χ0v) is 9.76. The van der Waals surface area contributed by atoms with Crippen LogP contribution in [0.1, 0.15) is 52.4 Å². The quantitative estimate of drug-likeness (QED) is 0.686. The SMILES string of the molecule is CCCCC(NCC)C1C2CCCC21. The van der Waals surface area contributed by atoms with Gasteiger partial charge < -0.3 is 5.32 Å². The van der Waals surface area contributed by atoms with Gasteiger partial charge in [-0.25, -0.2) is 0 Å². The average molecular weight is 195 g/mol. The van der Waals surface area contributed by atoms with Gasteiger partial charge in [-0.1, -0.05) is 33.1 Å². The zero-order valence-electron chi connectivity index (χ0n) is 9.76. The first-order chi connectivity index (χ1) is 6.88. The summed E-state index contributed by atoms with van der Waals surface area (Å²) in [6.45, 7) is 5.71. The molecule has 2 aliphatic rings. The molecule has 1 heteroatoms. The van der Waals surface area contributed by atoms with Crippen molar-refractivity contribution in [1.29, 1.82) is 0 Å². The molecule has 0 spiro atoms. The number of hydrogen-bond donors (Lipinski definition) is 1. The zero-order chi connectivity index (χ0) is 9.97. The summed E-state index contributed by atoms with van der Waals surface area (Å²) in [6.07, 6.45) is 8.75. The van der Waals surface area contributed by atoms with Crippen molar-refractivity contribution in [2.45, 2.75) is 58.4 Å². The highest BCUT2D eigenvalue weighted by Gasteiger charge is 2.55. The van der Waals surface area contributed by atoms with Crippen LogP contribution in [0.3, 0.4) is 0 Å². The van der Waals surface area contributed by atoms with Gasteiger partial charge in [0, 0.05) is 6.04 Å². The summed E-state index contributed by atoms with van der Waals surface area (Å²) in [5.74, 6) is 3.31. The third kappa shape index (κ3) is 1.98. The van der Waals surface area contributed by atoms with E-state index in [2.05, 4.69) is 19.2 Å². The molecule has 3 unspecified atom stereocenters. The van der Waals surface area contributed by atoms with Crippen molar-refractivity contribution in [3.63, 3.8) is 0 Å². The van der Waals surface area contributed by atoms with Crippen LogP contribution in [-0.2, 0) is 0 Å². The van der Waals surface area contributed by atoms with Gasteiger partial charge in [-0.3, -0.25) is 0 Å². The standard InChI is InChI=1S/C13H25N/c1-3-5-9-12(14-4-2)13-10-7-6-8-11(10)13/h10-14H,3-9H2,1-2H3. The molecular weight excluding hydrogens is 170 g/mol. The molecule has 3 atom stereocenters. The maximum Gasteiger partial charge on any atom is 0.0101 e. The molecule has 2 aliphatic carbocycles. The van der Waals surface area contributed by atoms with E-state index < -0.39 is 0 Å². The van der Waals surface area contributed by atoms with E-state index in [1.165, 1.54) is 38.5 Å². The van der Waals surface area contributed by atoms with Crippen molar-refractivity contribution in [1.82, 2.24) is 5.32 Å². The van der Waals surface area contributed by atoms with E-state index in [9.17, 15) is 0 Å². The van der Waals surface area contributed by atoms with Crippen LogP contribution in [0, 0.1) is 17.8 Å². The van der Waals surface area contributed by atoms with Gasteiger partial charge in [0.2, 0.25) is 0 Å². The van der Waals surface area contributed by atoms with Gasteiger partial charge in [0.1, 0.15) is 0 Å². The summed E-state index contributed by atoms with van der Waals surface area (Å²) in [7, 11) is 0. The molecule has 0 aromatic rings. The van der Waals surface area contributed by atoms with E-state index >= 15 is 0 Å². The summed E-state index contributed by atoms with van der Waals surface area (Å²) < 4.78 is 0. The summed E-state index contributed by atoms with van der Waals surface area (Å²) in [5.41, 5.74) is 0. The second-order valence-corrected chi connectivity index (χ2v) is 5.14. The molecule has 14 heavy (non-hydrogen) atoms. The van der Waals surface area contributed by atoms with Crippen molar-refractivity contribution < 1.29 is 0 Å². The molecule has 0 amide bonds. The predicted molar refractivity (Wildman–Crippen MR) is 61.3 cm³/mol. The van der Waals surface area contributed by atoms with Crippen molar-refractivity contribution in [3.8, 4) is 0 Å². The minimum absolute atomic E-state index is 0.857. The van der Waals surface area contributed by atoms with Gasteiger partial charge in [0.05, 0.1) is 0 Å². The van der Waals surface area contributed by atoms with Crippen molar-refractivity contribution in [2.75, 3.05) is 6.54 Å². The number of unbranched alkanes of at least 4 members (excludes halogenated alkanes) is 1. The fraction of sp³-hybridized carbons (Fsp3) is 1.00. The Bertz CT molecular complexity index is 168. The number of nitrogens with one attached hydrogen (secondary N) is 1. The highest BCUT2D eigenvalue weighted by molar-refractivity contribution is 5.06. The van der Waals surface area contributed by atoms with Gasteiger partial charge in [-0.05, 0) is 43.6 Å². The molecule has 2 rings (SSSR count). The lowest BCUT2D eigenvalue weighted by atomic mass is 9.99. The summed E-state index contributed by atoms with van der Waals surface area (Å²) in [5, 5.41) is 3.71. The van der Waals surface area contributed by atoms with Crippen LogP contribution in [0.25, 0.3) is 0 Å². The lowest BCUT2D eigenvalue weighted by molar-refractivity contribution is 0.383. The Morgan fingerprint density at radius 3 is 2.50 bits per heavy atom. The maximum atomic E-state index is 3.71. The first-order valence-corrected chi connectivity index (χ1v) is 6.61. The molecule has 2 saturated carbocycles. The smallest absolute Gasteiger partial charge is 0.0101 e. The van der Waals surface area contributed by atoms with Gasteiger partial charge in [0.25, 0.3) is 0 Å². The molecule has 0 saturated heterocycles. The highest BCUT2D eigenvalue weighted by Crippen LogP contribution is 2.59. The van der Waals surface area contributed by atoms with Gasteiger partial charge in [-0.15, -0.1) is 0 Å². The third-order valence-electron chi connectivity index (χ3n) is 4.27. The van der Waals surface area contributed by atoms with E-state index in [0.717, 1.165) is 30.3 Å². The highest BCUT2D eigenvalue weighted by atomic mass is 14.9. The minimum Gasteiger partial charge on any atom is -0.314 e. The topological polar surface area (TPSA) is 12.0 Å². The molecule has 82 valence electrons. The number of fused-ring (bicyclic) bond motifs is 1. The Hall–Kier alpha value is -0.0400. The van der Waals surface area contributed by atoms with Crippen LogP contribution < -0.4 is 5.32 Å². The maximum absolute atomic E-state index is 3.71. The van der Waals surface area contributed by atoms with Crippen molar-refractivity contribution in [3.05, 3.63) is 0 Å². The molecule has 0 radical (unpaired) electrons. The van der Waals surface area contributed by atoms with Gasteiger partial charge in [-0.2, -0.15) is 0 Å². The predicted octanol–water partition coefficient (Wildman–Crippen LogP) is 3.20. The lowest BCUT2D eigenvalue weighted by Gasteiger charge is -2.19. The first-order valence-electron chi connectivity index (χ1n) is 6.61. The van der Waals surface area contributed by atoms with E-state index in [1.807, 2.05) is 0 Å². The molecule has 1 nitrogen and oxygen atoms in total. The molecule has 2 fully saturated rings.